The number of para-hydroxylation sites is 1. The molecule has 0 aliphatic heterocycles. The maximum atomic E-state index is 11.8. The number of carboxylic acids is 1. The molecule has 0 unspecified atom stereocenters. The fourth-order valence-corrected chi connectivity index (χ4v) is 1.37. The summed E-state index contributed by atoms with van der Waals surface area (Å²) in [6, 6.07) is 6.81. The molecule has 1 N–H and O–H groups in total. The van der Waals surface area contributed by atoms with Crippen LogP contribution < -0.4 is 5.43 Å². The molecule has 0 atom stereocenters. The molecule has 0 bridgehead atoms. The second-order valence-electron chi connectivity index (χ2n) is 3.19. The first-order chi connectivity index (χ1) is 7.68. The van der Waals surface area contributed by atoms with Crippen LogP contribution in [-0.2, 0) is 4.79 Å². The lowest BCUT2D eigenvalue weighted by Gasteiger charge is -1.96. The number of rotatable bonds is 2. The van der Waals surface area contributed by atoms with E-state index in [0.717, 1.165) is 6.08 Å². The lowest BCUT2D eigenvalue weighted by Crippen LogP contribution is -2.04. The van der Waals surface area contributed by atoms with Gasteiger partial charge in [0.15, 0.2) is 5.43 Å². The molecule has 4 heteroatoms. The molecule has 0 radical (unpaired) electrons. The van der Waals surface area contributed by atoms with Gasteiger partial charge in [0.05, 0.1) is 10.9 Å². The summed E-state index contributed by atoms with van der Waals surface area (Å²) in [4.78, 5) is 22.2. The zero-order valence-electron chi connectivity index (χ0n) is 8.21. The van der Waals surface area contributed by atoms with Gasteiger partial charge in [-0.2, -0.15) is 0 Å². The maximum Gasteiger partial charge on any atom is 0.328 e. The van der Waals surface area contributed by atoms with E-state index in [1.54, 1.807) is 24.3 Å². The topological polar surface area (TPSA) is 67.5 Å². The first kappa shape index (κ1) is 10.2. The Bertz CT molecular complexity index is 622. The molecule has 2 aromatic rings. The standard InChI is InChI=1S/C12H8O4/c13-11(14)6-5-8-7-16-10-4-2-1-3-9(10)12(8)15/h1-7H,(H,13,14)/b6-5+. The van der Waals surface area contributed by atoms with E-state index < -0.39 is 5.97 Å². The number of fused-ring (bicyclic) bond motifs is 1. The number of carbonyl (C=O) groups is 1. The van der Waals surface area contributed by atoms with Crippen LogP contribution in [0.15, 0.2) is 45.8 Å². The zero-order chi connectivity index (χ0) is 11.5. The van der Waals surface area contributed by atoms with Crippen molar-refractivity contribution in [1.29, 1.82) is 0 Å². The van der Waals surface area contributed by atoms with E-state index in [4.69, 9.17) is 9.52 Å². The first-order valence-corrected chi connectivity index (χ1v) is 4.60. The second-order valence-corrected chi connectivity index (χ2v) is 3.19. The molecule has 0 saturated carbocycles. The maximum absolute atomic E-state index is 11.8. The predicted octanol–water partition coefficient (Wildman–Crippen LogP) is 1.89. The third-order valence-corrected chi connectivity index (χ3v) is 2.11. The quantitative estimate of drug-likeness (QED) is 0.778. The zero-order valence-corrected chi connectivity index (χ0v) is 8.21. The number of aliphatic carboxylic acids is 1. The molecule has 0 amide bonds. The van der Waals surface area contributed by atoms with Crippen molar-refractivity contribution in [3.63, 3.8) is 0 Å². The third kappa shape index (κ3) is 1.86. The van der Waals surface area contributed by atoms with Crippen LogP contribution in [0.3, 0.4) is 0 Å². The fourth-order valence-electron chi connectivity index (χ4n) is 1.37. The van der Waals surface area contributed by atoms with Gasteiger partial charge in [-0.15, -0.1) is 0 Å². The summed E-state index contributed by atoms with van der Waals surface area (Å²) in [7, 11) is 0. The third-order valence-electron chi connectivity index (χ3n) is 2.11. The molecule has 1 aromatic carbocycles. The van der Waals surface area contributed by atoms with E-state index in [9.17, 15) is 9.59 Å². The Labute approximate surface area is 90.4 Å². The Kier molecular flexibility index (Phi) is 2.55. The highest BCUT2D eigenvalue weighted by Crippen LogP contribution is 2.10. The Hall–Kier alpha value is -2.36. The number of hydrogen-bond donors (Lipinski definition) is 1. The van der Waals surface area contributed by atoms with Crippen molar-refractivity contribution in [2.45, 2.75) is 0 Å². The lowest BCUT2D eigenvalue weighted by molar-refractivity contribution is -0.131. The number of hydrogen-bond acceptors (Lipinski definition) is 3. The van der Waals surface area contributed by atoms with Crippen molar-refractivity contribution >= 4 is 23.0 Å². The van der Waals surface area contributed by atoms with Crippen LogP contribution in [0, 0.1) is 0 Å². The summed E-state index contributed by atoms with van der Waals surface area (Å²) in [5, 5.41) is 8.90. The van der Waals surface area contributed by atoms with Gasteiger partial charge in [-0.3, -0.25) is 4.79 Å². The van der Waals surface area contributed by atoms with Crippen LogP contribution in [0.5, 0.6) is 0 Å². The van der Waals surface area contributed by atoms with Crippen LogP contribution in [-0.4, -0.2) is 11.1 Å². The molecule has 0 saturated heterocycles. The van der Waals surface area contributed by atoms with Crippen LogP contribution in [0.4, 0.5) is 0 Å². The number of carboxylic acid groups (broad SMARTS) is 1. The lowest BCUT2D eigenvalue weighted by atomic mass is 10.1. The summed E-state index contributed by atoms with van der Waals surface area (Å²) in [6.45, 7) is 0. The Balaban J connectivity index is 2.61. The van der Waals surface area contributed by atoms with E-state index in [1.165, 1.54) is 12.3 Å². The van der Waals surface area contributed by atoms with Gasteiger partial charge in [0.25, 0.3) is 0 Å². The van der Waals surface area contributed by atoms with Crippen molar-refractivity contribution in [2.75, 3.05) is 0 Å². The molecular formula is C12H8O4. The van der Waals surface area contributed by atoms with Crippen molar-refractivity contribution in [2.24, 2.45) is 0 Å². The Morgan fingerprint density at radius 3 is 2.81 bits per heavy atom. The highest BCUT2D eigenvalue weighted by Gasteiger charge is 2.03. The summed E-state index contributed by atoms with van der Waals surface area (Å²) in [5.41, 5.74) is 0.473. The van der Waals surface area contributed by atoms with E-state index in [0.29, 0.717) is 11.0 Å². The van der Waals surface area contributed by atoms with Crippen LogP contribution in [0.1, 0.15) is 5.56 Å². The van der Waals surface area contributed by atoms with E-state index in [1.807, 2.05) is 0 Å². The minimum Gasteiger partial charge on any atom is -0.478 e. The monoisotopic (exact) mass is 216 g/mol. The van der Waals surface area contributed by atoms with Crippen molar-refractivity contribution in [3.05, 3.63) is 52.4 Å². The number of benzene rings is 1. The van der Waals surface area contributed by atoms with Crippen LogP contribution in [0.25, 0.3) is 17.0 Å². The van der Waals surface area contributed by atoms with Gasteiger partial charge in [-0.25, -0.2) is 4.79 Å². The van der Waals surface area contributed by atoms with Gasteiger partial charge in [0.1, 0.15) is 11.8 Å². The molecule has 1 aromatic heterocycles. The van der Waals surface area contributed by atoms with Crippen molar-refractivity contribution in [1.82, 2.24) is 0 Å². The average Bonchev–Trinajstić information content (AvgIpc) is 2.28. The van der Waals surface area contributed by atoms with Gasteiger partial charge in [-0.05, 0) is 18.2 Å². The molecule has 80 valence electrons. The van der Waals surface area contributed by atoms with E-state index in [-0.39, 0.29) is 11.0 Å². The normalized spacial score (nSPS) is 11.0. The van der Waals surface area contributed by atoms with E-state index >= 15 is 0 Å². The first-order valence-electron chi connectivity index (χ1n) is 4.60. The highest BCUT2D eigenvalue weighted by atomic mass is 16.4. The van der Waals surface area contributed by atoms with Gasteiger partial charge < -0.3 is 9.52 Å². The molecule has 16 heavy (non-hydrogen) atoms. The molecular weight excluding hydrogens is 208 g/mol. The molecule has 0 fully saturated rings. The van der Waals surface area contributed by atoms with Crippen molar-refractivity contribution < 1.29 is 14.3 Å². The Morgan fingerprint density at radius 2 is 2.06 bits per heavy atom. The van der Waals surface area contributed by atoms with Crippen molar-refractivity contribution in [3.8, 4) is 0 Å². The minimum atomic E-state index is -1.10. The molecule has 0 spiro atoms. The molecule has 2 rings (SSSR count). The van der Waals surface area contributed by atoms with Gasteiger partial charge in [-0.1, -0.05) is 12.1 Å². The Morgan fingerprint density at radius 1 is 1.31 bits per heavy atom. The van der Waals surface area contributed by atoms with Crippen LogP contribution in [0.2, 0.25) is 0 Å². The minimum absolute atomic E-state index is 0.223. The van der Waals surface area contributed by atoms with E-state index in [2.05, 4.69) is 0 Å². The molecule has 0 aliphatic carbocycles. The SMILES string of the molecule is O=C(O)/C=C/c1coc2ccccc2c1=O. The average molecular weight is 216 g/mol. The smallest absolute Gasteiger partial charge is 0.328 e. The molecule has 4 nitrogen and oxygen atoms in total. The largest absolute Gasteiger partial charge is 0.478 e. The summed E-state index contributed by atoms with van der Waals surface area (Å²) in [6.07, 6.45) is 3.38. The fraction of sp³-hybridized carbons (Fsp3) is 0. The summed E-state index contributed by atoms with van der Waals surface area (Å²) < 4.78 is 5.21. The second kappa shape index (κ2) is 4.02. The summed E-state index contributed by atoms with van der Waals surface area (Å²) >= 11 is 0. The van der Waals surface area contributed by atoms with Gasteiger partial charge in [0, 0.05) is 6.08 Å². The highest BCUT2D eigenvalue weighted by molar-refractivity contribution is 5.86. The molecule has 0 aliphatic rings. The summed E-state index contributed by atoms with van der Waals surface area (Å²) in [5.74, 6) is -1.10. The molecule has 1 heterocycles. The van der Waals surface area contributed by atoms with Gasteiger partial charge in [0.2, 0.25) is 0 Å². The predicted molar refractivity (Wildman–Crippen MR) is 59.2 cm³/mol. The van der Waals surface area contributed by atoms with Gasteiger partial charge >= 0.3 is 5.97 Å². The van der Waals surface area contributed by atoms with Crippen LogP contribution >= 0.6 is 0 Å².